The largest absolute Gasteiger partial charge is 0.354 e. The highest BCUT2D eigenvalue weighted by Gasteiger charge is 2.07. The Bertz CT molecular complexity index is 217. The zero-order chi connectivity index (χ0) is 12.4. The van der Waals surface area contributed by atoms with Crippen LogP contribution >= 0.6 is 0 Å². The lowest BCUT2D eigenvalue weighted by atomic mass is 10.2. The van der Waals surface area contributed by atoms with Crippen LogP contribution in [0.2, 0.25) is 0 Å². The Hall–Kier alpha value is -1.06. The van der Waals surface area contributed by atoms with Crippen molar-refractivity contribution < 1.29 is 9.59 Å². The molecule has 0 bridgehead atoms. The van der Waals surface area contributed by atoms with Crippen molar-refractivity contribution in [1.29, 1.82) is 0 Å². The van der Waals surface area contributed by atoms with Crippen molar-refractivity contribution >= 4 is 11.8 Å². The molecule has 0 aromatic heterocycles. The van der Waals surface area contributed by atoms with E-state index < -0.39 is 0 Å². The van der Waals surface area contributed by atoms with Crippen LogP contribution in [0.5, 0.6) is 0 Å². The molecule has 4 nitrogen and oxygen atoms in total. The molecule has 0 aliphatic rings. The Morgan fingerprint density at radius 3 is 2.31 bits per heavy atom. The van der Waals surface area contributed by atoms with Crippen LogP contribution in [0.25, 0.3) is 0 Å². The van der Waals surface area contributed by atoms with E-state index in [1.54, 1.807) is 11.8 Å². The van der Waals surface area contributed by atoms with Gasteiger partial charge >= 0.3 is 0 Å². The van der Waals surface area contributed by atoms with Gasteiger partial charge in [-0.05, 0) is 12.8 Å². The number of hydrogen-bond donors (Lipinski definition) is 1. The molecule has 1 N–H and O–H groups in total. The van der Waals surface area contributed by atoms with E-state index in [0.717, 1.165) is 25.8 Å². The van der Waals surface area contributed by atoms with Gasteiger partial charge in [-0.3, -0.25) is 9.59 Å². The predicted octanol–water partition coefficient (Wildman–Crippen LogP) is 1.55. The number of rotatable bonds is 8. The fraction of sp³-hybridized carbons (Fsp3) is 0.833. The van der Waals surface area contributed by atoms with Gasteiger partial charge in [0.05, 0.1) is 0 Å². The fourth-order valence-electron chi connectivity index (χ4n) is 1.45. The lowest BCUT2D eigenvalue weighted by molar-refractivity contribution is -0.129. The number of hydrogen-bond acceptors (Lipinski definition) is 2. The van der Waals surface area contributed by atoms with E-state index in [2.05, 4.69) is 12.2 Å². The molecule has 0 aliphatic heterocycles. The van der Waals surface area contributed by atoms with Crippen molar-refractivity contribution in [3.05, 3.63) is 0 Å². The highest BCUT2D eigenvalue weighted by atomic mass is 16.2. The van der Waals surface area contributed by atoms with Crippen molar-refractivity contribution in [3.8, 4) is 0 Å². The molecule has 0 radical (unpaired) electrons. The van der Waals surface area contributed by atoms with Crippen LogP contribution in [0.4, 0.5) is 0 Å². The molecule has 0 aromatic carbocycles. The molecule has 0 saturated carbocycles. The number of nitrogens with one attached hydrogen (secondary N) is 1. The quantitative estimate of drug-likeness (QED) is 0.685. The number of unbranched alkanes of at least 4 members (excludes halogenated alkanes) is 1. The molecule has 0 aliphatic carbocycles. The smallest absolute Gasteiger partial charge is 0.220 e. The highest BCUT2D eigenvalue weighted by molar-refractivity contribution is 5.76. The molecule has 0 atom stereocenters. The monoisotopic (exact) mass is 228 g/mol. The van der Waals surface area contributed by atoms with E-state index in [1.807, 2.05) is 6.92 Å². The van der Waals surface area contributed by atoms with E-state index in [9.17, 15) is 9.59 Å². The van der Waals surface area contributed by atoms with Crippen LogP contribution in [0.3, 0.4) is 0 Å². The molecule has 0 spiro atoms. The summed E-state index contributed by atoms with van der Waals surface area (Å²) in [6.07, 6.45) is 3.49. The Morgan fingerprint density at radius 2 is 1.81 bits per heavy atom. The summed E-state index contributed by atoms with van der Waals surface area (Å²) in [5.74, 6) is 0.159. The van der Waals surface area contributed by atoms with Crippen molar-refractivity contribution in [1.82, 2.24) is 10.2 Å². The average molecular weight is 228 g/mol. The van der Waals surface area contributed by atoms with Crippen molar-refractivity contribution in [2.75, 3.05) is 19.6 Å². The van der Waals surface area contributed by atoms with E-state index in [4.69, 9.17) is 0 Å². The first-order valence-electron chi connectivity index (χ1n) is 6.14. The minimum absolute atomic E-state index is 0.0738. The average Bonchev–Trinajstić information content (AvgIpc) is 2.25. The lowest BCUT2D eigenvalue weighted by Gasteiger charge is -2.20. The first-order chi connectivity index (χ1) is 7.61. The van der Waals surface area contributed by atoms with Gasteiger partial charge in [0, 0.05) is 33.0 Å². The number of carbonyl (C=O) groups is 2. The molecule has 0 saturated heterocycles. The van der Waals surface area contributed by atoms with Gasteiger partial charge in [0.2, 0.25) is 11.8 Å². The van der Waals surface area contributed by atoms with E-state index >= 15 is 0 Å². The Labute approximate surface area is 98.4 Å². The van der Waals surface area contributed by atoms with E-state index in [0.29, 0.717) is 19.5 Å². The summed E-state index contributed by atoms with van der Waals surface area (Å²) in [5.41, 5.74) is 0. The summed E-state index contributed by atoms with van der Waals surface area (Å²) in [6, 6.07) is 0. The molecule has 0 fully saturated rings. The van der Waals surface area contributed by atoms with Gasteiger partial charge < -0.3 is 10.2 Å². The summed E-state index contributed by atoms with van der Waals surface area (Å²) < 4.78 is 0. The first-order valence-corrected chi connectivity index (χ1v) is 6.14. The third-order valence-electron chi connectivity index (χ3n) is 2.40. The van der Waals surface area contributed by atoms with Gasteiger partial charge in [-0.25, -0.2) is 0 Å². The summed E-state index contributed by atoms with van der Waals surface area (Å²) in [5, 5.41) is 2.83. The second-order valence-corrected chi connectivity index (χ2v) is 3.96. The second-order valence-electron chi connectivity index (χ2n) is 3.96. The molecule has 94 valence electrons. The Kier molecular flexibility index (Phi) is 8.58. The third-order valence-corrected chi connectivity index (χ3v) is 2.40. The van der Waals surface area contributed by atoms with Gasteiger partial charge in [-0.15, -0.1) is 0 Å². The SMILES string of the molecule is CCCCC(=O)NCCN(CCC)C(C)=O. The topological polar surface area (TPSA) is 49.4 Å². The van der Waals surface area contributed by atoms with E-state index in [1.165, 1.54) is 0 Å². The zero-order valence-electron chi connectivity index (χ0n) is 10.7. The summed E-state index contributed by atoms with van der Waals surface area (Å²) in [7, 11) is 0. The first kappa shape index (κ1) is 14.9. The fourth-order valence-corrected chi connectivity index (χ4v) is 1.45. The van der Waals surface area contributed by atoms with Gasteiger partial charge in [0.1, 0.15) is 0 Å². The molecule has 0 unspecified atom stereocenters. The van der Waals surface area contributed by atoms with Crippen LogP contribution in [0.15, 0.2) is 0 Å². The summed E-state index contributed by atoms with van der Waals surface area (Å²) in [6.45, 7) is 7.60. The normalized spacial score (nSPS) is 9.94. The van der Waals surface area contributed by atoms with Crippen LogP contribution in [0, 0.1) is 0 Å². The van der Waals surface area contributed by atoms with Crippen molar-refractivity contribution in [2.24, 2.45) is 0 Å². The Balaban J connectivity index is 3.68. The van der Waals surface area contributed by atoms with Crippen LogP contribution in [-0.2, 0) is 9.59 Å². The van der Waals surface area contributed by atoms with E-state index in [-0.39, 0.29) is 11.8 Å². The predicted molar refractivity (Wildman–Crippen MR) is 65.1 cm³/mol. The lowest BCUT2D eigenvalue weighted by Crippen LogP contribution is -2.37. The molecular formula is C12H24N2O2. The van der Waals surface area contributed by atoms with Crippen LogP contribution in [-0.4, -0.2) is 36.3 Å². The van der Waals surface area contributed by atoms with Crippen LogP contribution in [0.1, 0.15) is 46.5 Å². The third kappa shape index (κ3) is 7.26. The maximum absolute atomic E-state index is 11.3. The maximum Gasteiger partial charge on any atom is 0.220 e. The Morgan fingerprint density at radius 1 is 1.12 bits per heavy atom. The van der Waals surface area contributed by atoms with Crippen molar-refractivity contribution in [2.45, 2.75) is 46.5 Å². The molecule has 16 heavy (non-hydrogen) atoms. The number of amides is 2. The second kappa shape index (κ2) is 9.19. The molecule has 0 rings (SSSR count). The number of carbonyl (C=O) groups excluding carboxylic acids is 2. The maximum atomic E-state index is 11.3. The molecule has 0 aromatic rings. The standard InChI is InChI=1S/C12H24N2O2/c1-4-6-7-12(16)13-8-10-14(9-5-2)11(3)15/h4-10H2,1-3H3,(H,13,16). The summed E-state index contributed by atoms with van der Waals surface area (Å²) >= 11 is 0. The molecule has 0 heterocycles. The molecule has 2 amide bonds. The van der Waals surface area contributed by atoms with Gasteiger partial charge in [0.25, 0.3) is 0 Å². The molecule has 4 heteroatoms. The van der Waals surface area contributed by atoms with Gasteiger partial charge in [0.15, 0.2) is 0 Å². The van der Waals surface area contributed by atoms with Crippen molar-refractivity contribution in [3.63, 3.8) is 0 Å². The van der Waals surface area contributed by atoms with Gasteiger partial charge in [-0.1, -0.05) is 20.3 Å². The highest BCUT2D eigenvalue weighted by Crippen LogP contribution is 1.94. The van der Waals surface area contributed by atoms with Crippen LogP contribution < -0.4 is 5.32 Å². The summed E-state index contributed by atoms with van der Waals surface area (Å²) in [4.78, 5) is 24.3. The minimum atomic E-state index is 0.0738. The minimum Gasteiger partial charge on any atom is -0.354 e. The zero-order valence-corrected chi connectivity index (χ0v) is 10.7. The molecular weight excluding hydrogens is 204 g/mol. The van der Waals surface area contributed by atoms with Gasteiger partial charge in [-0.2, -0.15) is 0 Å². The number of nitrogens with zero attached hydrogens (tertiary/aromatic N) is 1.